The van der Waals surface area contributed by atoms with E-state index in [9.17, 15) is 4.79 Å². The number of halogens is 3. The molecule has 0 radical (unpaired) electrons. The molecule has 0 N–H and O–H groups in total. The molecule has 0 aliphatic carbocycles. The Kier molecular flexibility index (Phi) is 7.88. The van der Waals surface area contributed by atoms with E-state index >= 15 is 0 Å². The Morgan fingerprint density at radius 2 is 1.69 bits per heavy atom. The number of nitrogens with zero attached hydrogens (tertiary/aromatic N) is 1. The first-order valence-electron chi connectivity index (χ1n) is 10.0. The van der Waals surface area contributed by atoms with Crippen LogP contribution in [0.4, 0.5) is 5.69 Å². The zero-order valence-corrected chi connectivity index (χ0v) is 21.8. The summed E-state index contributed by atoms with van der Waals surface area (Å²) in [4.78, 5) is 14.8. The van der Waals surface area contributed by atoms with Gasteiger partial charge in [-0.25, -0.2) is 0 Å². The molecule has 0 saturated carbocycles. The Hall–Kier alpha value is -1.87. The van der Waals surface area contributed by atoms with Gasteiger partial charge in [-0.3, -0.25) is 4.79 Å². The van der Waals surface area contributed by atoms with Gasteiger partial charge in [-0.05, 0) is 92.5 Å². The maximum atomic E-state index is 12.5. The fourth-order valence-electron chi connectivity index (χ4n) is 3.28. The predicted octanol–water partition coefficient (Wildman–Crippen LogP) is 6.88. The van der Waals surface area contributed by atoms with Gasteiger partial charge in [0.25, 0.3) is 0 Å². The van der Waals surface area contributed by atoms with E-state index in [1.807, 2.05) is 48.5 Å². The van der Waals surface area contributed by atoms with Crippen LogP contribution in [0, 0.1) is 0 Å². The highest BCUT2D eigenvalue weighted by molar-refractivity contribution is 9.11. The summed E-state index contributed by atoms with van der Waals surface area (Å²) in [5.74, 6) is 1.87. The van der Waals surface area contributed by atoms with Gasteiger partial charge in [-0.2, -0.15) is 0 Å². The van der Waals surface area contributed by atoms with Gasteiger partial charge in [-0.1, -0.05) is 15.9 Å². The number of carbonyl (C=O) groups excluding carboxylic acids is 1. The smallest absolute Gasteiger partial charge is 0.185 e. The van der Waals surface area contributed by atoms with Crippen molar-refractivity contribution in [3.05, 3.63) is 85.1 Å². The second-order valence-electron chi connectivity index (χ2n) is 7.14. The molecule has 1 aliphatic rings. The lowest BCUT2D eigenvalue weighted by molar-refractivity contribution is 0.104. The van der Waals surface area contributed by atoms with Gasteiger partial charge in [0.05, 0.1) is 22.2 Å². The number of rotatable bonds is 7. The van der Waals surface area contributed by atoms with Crippen molar-refractivity contribution in [2.45, 2.75) is 6.61 Å². The van der Waals surface area contributed by atoms with Crippen LogP contribution in [0.5, 0.6) is 5.75 Å². The minimum absolute atomic E-state index is 0.0737. The first kappa shape index (κ1) is 23.3. The summed E-state index contributed by atoms with van der Waals surface area (Å²) in [7, 11) is 0. The lowest BCUT2D eigenvalue weighted by Crippen LogP contribution is -2.36. The summed E-state index contributed by atoms with van der Waals surface area (Å²) in [5, 5.41) is 0. The molecule has 1 aliphatic heterocycles. The molecule has 0 amide bonds. The fourth-order valence-corrected chi connectivity index (χ4v) is 5.77. The van der Waals surface area contributed by atoms with Crippen LogP contribution in [-0.4, -0.2) is 32.1 Å². The number of anilines is 1. The van der Waals surface area contributed by atoms with Gasteiger partial charge < -0.3 is 18.8 Å². The number of ether oxygens (including phenoxy) is 2. The number of allylic oxidation sites excluding steroid dienone is 1. The molecule has 1 saturated heterocycles. The zero-order valence-electron chi connectivity index (χ0n) is 17.0. The van der Waals surface area contributed by atoms with Crippen LogP contribution in [0.25, 0.3) is 6.08 Å². The van der Waals surface area contributed by atoms with Crippen LogP contribution in [-0.2, 0) is 11.3 Å². The monoisotopic (exact) mass is 623 g/mol. The third kappa shape index (κ3) is 5.92. The van der Waals surface area contributed by atoms with Crippen molar-refractivity contribution in [1.29, 1.82) is 0 Å². The topological polar surface area (TPSA) is 51.9 Å². The number of ketones is 1. The number of benzene rings is 2. The van der Waals surface area contributed by atoms with E-state index in [0.717, 1.165) is 45.4 Å². The summed E-state index contributed by atoms with van der Waals surface area (Å²) < 4.78 is 19.6. The number of hydrogen-bond donors (Lipinski definition) is 0. The Balaban J connectivity index is 1.34. The summed E-state index contributed by atoms with van der Waals surface area (Å²) in [5.41, 5.74) is 1.74. The Morgan fingerprint density at radius 3 is 2.38 bits per heavy atom. The first-order valence-corrected chi connectivity index (χ1v) is 12.4. The molecule has 8 heteroatoms. The second kappa shape index (κ2) is 10.8. The Bertz CT molecular complexity index is 1100. The quantitative estimate of drug-likeness (QED) is 0.212. The Labute approximate surface area is 211 Å². The highest BCUT2D eigenvalue weighted by atomic mass is 79.9. The van der Waals surface area contributed by atoms with E-state index in [2.05, 4.69) is 52.7 Å². The molecule has 4 rings (SSSR count). The van der Waals surface area contributed by atoms with Crippen LogP contribution in [0.3, 0.4) is 0 Å². The largest absolute Gasteiger partial charge is 0.483 e. The van der Waals surface area contributed by atoms with Gasteiger partial charge in [-0.15, -0.1) is 0 Å². The molecule has 0 spiro atoms. The van der Waals surface area contributed by atoms with Gasteiger partial charge >= 0.3 is 0 Å². The van der Waals surface area contributed by atoms with Gasteiger partial charge in [0.1, 0.15) is 23.9 Å². The fraction of sp³-hybridized carbons (Fsp3) is 0.208. The lowest BCUT2D eigenvalue weighted by Gasteiger charge is -2.28. The van der Waals surface area contributed by atoms with E-state index in [-0.39, 0.29) is 12.4 Å². The molecule has 166 valence electrons. The van der Waals surface area contributed by atoms with Crippen molar-refractivity contribution in [2.24, 2.45) is 0 Å². The third-order valence-corrected chi connectivity index (χ3v) is 6.57. The minimum Gasteiger partial charge on any atom is -0.483 e. The van der Waals surface area contributed by atoms with E-state index < -0.39 is 0 Å². The summed E-state index contributed by atoms with van der Waals surface area (Å²) in [6.07, 6.45) is 3.20. The summed E-state index contributed by atoms with van der Waals surface area (Å²) >= 11 is 10.4. The van der Waals surface area contributed by atoms with Crippen molar-refractivity contribution in [1.82, 2.24) is 0 Å². The average Bonchev–Trinajstić information content (AvgIpc) is 3.25. The average molecular weight is 626 g/mol. The van der Waals surface area contributed by atoms with Crippen molar-refractivity contribution >= 4 is 65.3 Å². The molecule has 5 nitrogen and oxygen atoms in total. The summed E-state index contributed by atoms with van der Waals surface area (Å²) in [6, 6.07) is 15.1. The van der Waals surface area contributed by atoms with Crippen molar-refractivity contribution in [2.75, 3.05) is 31.2 Å². The van der Waals surface area contributed by atoms with Crippen molar-refractivity contribution in [3.63, 3.8) is 0 Å². The normalized spacial score (nSPS) is 14.2. The maximum absolute atomic E-state index is 12.5. The molecule has 0 bridgehead atoms. The van der Waals surface area contributed by atoms with Crippen LogP contribution in [0.15, 0.2) is 72.4 Å². The number of carbonyl (C=O) groups is 1. The third-order valence-electron chi connectivity index (χ3n) is 4.93. The Morgan fingerprint density at radius 1 is 1.00 bits per heavy atom. The van der Waals surface area contributed by atoms with Crippen LogP contribution < -0.4 is 9.64 Å². The molecule has 0 atom stereocenters. The van der Waals surface area contributed by atoms with Gasteiger partial charge in [0.2, 0.25) is 0 Å². The SMILES string of the molecule is O=C(/C=C/c1ccc(COc2c(Br)cc(Br)cc2Br)o1)c1ccc(N2CCOCC2)cc1. The number of morpholine rings is 1. The molecule has 32 heavy (non-hydrogen) atoms. The molecule has 1 fully saturated rings. The predicted molar refractivity (Wildman–Crippen MR) is 135 cm³/mol. The van der Waals surface area contributed by atoms with Crippen molar-refractivity contribution in [3.8, 4) is 5.75 Å². The van der Waals surface area contributed by atoms with Crippen LogP contribution >= 0.6 is 47.8 Å². The molecule has 1 aromatic heterocycles. The molecule has 2 heterocycles. The van der Waals surface area contributed by atoms with Crippen molar-refractivity contribution < 1.29 is 18.7 Å². The molecular weight excluding hydrogens is 606 g/mol. The van der Waals surface area contributed by atoms with Gasteiger partial charge in [0, 0.05) is 28.8 Å². The van der Waals surface area contributed by atoms with E-state index in [1.54, 1.807) is 6.08 Å². The van der Waals surface area contributed by atoms with Crippen LogP contribution in [0.2, 0.25) is 0 Å². The molecule has 3 aromatic rings. The maximum Gasteiger partial charge on any atom is 0.185 e. The standard InChI is InChI=1S/C24H20Br3NO4/c25-17-13-21(26)24(22(27)14-17)31-15-20-6-5-19(32-20)7-8-23(29)16-1-3-18(4-2-16)28-9-11-30-12-10-28/h1-8,13-14H,9-12,15H2/b8-7+. The second-order valence-corrected chi connectivity index (χ2v) is 9.76. The highest BCUT2D eigenvalue weighted by Gasteiger charge is 2.12. The minimum atomic E-state index is -0.0737. The first-order chi connectivity index (χ1) is 15.5. The van der Waals surface area contributed by atoms with E-state index in [4.69, 9.17) is 13.9 Å². The molecule has 2 aromatic carbocycles. The van der Waals surface area contributed by atoms with Crippen LogP contribution in [0.1, 0.15) is 21.9 Å². The van der Waals surface area contributed by atoms with E-state index in [1.165, 1.54) is 6.08 Å². The summed E-state index contributed by atoms with van der Waals surface area (Å²) in [6.45, 7) is 3.47. The molecular formula is C24H20Br3NO4. The zero-order chi connectivity index (χ0) is 22.5. The van der Waals surface area contributed by atoms with Gasteiger partial charge in [0.15, 0.2) is 5.78 Å². The number of hydrogen-bond acceptors (Lipinski definition) is 5. The lowest BCUT2D eigenvalue weighted by atomic mass is 10.1. The number of furan rings is 1. The highest BCUT2D eigenvalue weighted by Crippen LogP contribution is 2.37. The van der Waals surface area contributed by atoms with E-state index in [0.29, 0.717) is 22.8 Å². The molecule has 0 unspecified atom stereocenters.